The number of carbonyl (C=O) groups excluding carboxylic acids is 1. The van der Waals surface area contributed by atoms with Gasteiger partial charge in [0, 0.05) is 29.7 Å². The lowest BCUT2D eigenvalue weighted by atomic mass is 10.1. The molecule has 114 valence electrons. The molecule has 1 N–H and O–H groups in total. The van der Waals surface area contributed by atoms with Gasteiger partial charge in [0.25, 0.3) is 0 Å². The van der Waals surface area contributed by atoms with Crippen LogP contribution in [0.15, 0.2) is 23.7 Å². The number of methoxy groups -OCH3 is 1. The molecule has 0 fully saturated rings. The molecule has 2 rings (SSSR count). The predicted octanol–water partition coefficient (Wildman–Crippen LogP) is 2.75. The number of thiophene rings is 1. The number of aromatic nitrogens is 2. The van der Waals surface area contributed by atoms with Crippen molar-refractivity contribution in [2.45, 2.75) is 32.4 Å². The number of carbonyl (C=O) groups is 1. The minimum atomic E-state index is -0.212. The summed E-state index contributed by atoms with van der Waals surface area (Å²) in [5, 5.41) is 9.89. The van der Waals surface area contributed by atoms with Gasteiger partial charge in [0.2, 0.25) is 0 Å². The van der Waals surface area contributed by atoms with Gasteiger partial charge in [0.05, 0.1) is 25.3 Å². The van der Waals surface area contributed by atoms with E-state index in [9.17, 15) is 4.79 Å². The van der Waals surface area contributed by atoms with Crippen LogP contribution in [0.3, 0.4) is 0 Å². The number of hydrogen-bond donors (Lipinski definition) is 1. The molecule has 0 bridgehead atoms. The first-order valence-corrected chi connectivity index (χ1v) is 7.75. The van der Waals surface area contributed by atoms with Crippen molar-refractivity contribution >= 4 is 17.3 Å². The van der Waals surface area contributed by atoms with Gasteiger partial charge in [-0.05, 0) is 25.3 Å². The maximum atomic E-state index is 11.6. The Morgan fingerprint density at radius 3 is 2.86 bits per heavy atom. The lowest BCUT2D eigenvalue weighted by molar-refractivity contribution is -0.141. The number of esters is 1. The summed E-state index contributed by atoms with van der Waals surface area (Å²) in [7, 11) is 3.33. The van der Waals surface area contributed by atoms with E-state index in [4.69, 9.17) is 4.74 Å². The molecule has 0 aromatic carbocycles. The van der Waals surface area contributed by atoms with Gasteiger partial charge in [-0.15, -0.1) is 11.3 Å². The van der Waals surface area contributed by atoms with Gasteiger partial charge in [0.1, 0.15) is 0 Å². The number of rotatable bonds is 6. The topological polar surface area (TPSA) is 56.1 Å². The van der Waals surface area contributed by atoms with Gasteiger partial charge >= 0.3 is 5.97 Å². The van der Waals surface area contributed by atoms with Gasteiger partial charge in [0.15, 0.2) is 0 Å². The van der Waals surface area contributed by atoms with Crippen LogP contribution in [0.25, 0.3) is 0 Å². The highest BCUT2D eigenvalue weighted by Crippen LogP contribution is 2.26. The van der Waals surface area contributed by atoms with Crippen LogP contribution in [0.1, 0.15) is 41.6 Å². The molecule has 5 nitrogen and oxygen atoms in total. The van der Waals surface area contributed by atoms with E-state index in [2.05, 4.69) is 17.3 Å². The first-order chi connectivity index (χ1) is 10.0. The van der Waals surface area contributed by atoms with Crippen molar-refractivity contribution in [3.63, 3.8) is 0 Å². The second-order valence-corrected chi connectivity index (χ2v) is 6.06. The zero-order valence-corrected chi connectivity index (χ0v) is 13.6. The van der Waals surface area contributed by atoms with Crippen molar-refractivity contribution in [3.8, 4) is 0 Å². The number of nitrogens with zero attached hydrogens (tertiary/aromatic N) is 2. The van der Waals surface area contributed by atoms with E-state index in [-0.39, 0.29) is 18.1 Å². The van der Waals surface area contributed by atoms with Gasteiger partial charge in [-0.2, -0.15) is 5.10 Å². The van der Waals surface area contributed by atoms with Crippen LogP contribution >= 0.6 is 11.3 Å². The van der Waals surface area contributed by atoms with Crippen LogP contribution < -0.4 is 5.32 Å². The third-order valence-corrected chi connectivity index (χ3v) is 4.44. The standard InChI is InChI=1S/C15H21N3O2S/c1-10(12-9-18(3)17-11(12)2)16-13(8-15(19)20-4)14-6-5-7-21-14/h5-7,9-10,13,16H,8H2,1-4H3. The zero-order valence-electron chi connectivity index (χ0n) is 12.8. The van der Waals surface area contributed by atoms with Crippen LogP contribution in [0.2, 0.25) is 0 Å². The molecule has 0 radical (unpaired) electrons. The van der Waals surface area contributed by atoms with Crippen LogP contribution in [-0.4, -0.2) is 22.9 Å². The van der Waals surface area contributed by atoms with Gasteiger partial charge in [-0.25, -0.2) is 0 Å². The first-order valence-electron chi connectivity index (χ1n) is 6.87. The molecular weight excluding hydrogens is 286 g/mol. The molecule has 0 aliphatic heterocycles. The van der Waals surface area contributed by atoms with Crippen LogP contribution in [0.5, 0.6) is 0 Å². The monoisotopic (exact) mass is 307 g/mol. The second-order valence-electron chi connectivity index (χ2n) is 5.08. The fraction of sp³-hybridized carbons (Fsp3) is 0.467. The lowest BCUT2D eigenvalue weighted by Gasteiger charge is -2.21. The van der Waals surface area contributed by atoms with Crippen LogP contribution in [0.4, 0.5) is 0 Å². The Kier molecular flexibility index (Phi) is 5.14. The van der Waals surface area contributed by atoms with Crippen LogP contribution in [0, 0.1) is 6.92 Å². The minimum Gasteiger partial charge on any atom is -0.469 e. The highest BCUT2D eigenvalue weighted by Gasteiger charge is 2.21. The molecule has 0 amide bonds. The Morgan fingerprint density at radius 1 is 1.57 bits per heavy atom. The number of ether oxygens (including phenoxy) is 1. The van der Waals surface area contributed by atoms with E-state index < -0.39 is 0 Å². The van der Waals surface area contributed by atoms with Crippen molar-refractivity contribution in [3.05, 3.63) is 39.8 Å². The van der Waals surface area contributed by atoms with E-state index in [0.717, 1.165) is 16.1 Å². The fourth-order valence-corrected chi connectivity index (χ4v) is 3.20. The van der Waals surface area contributed by atoms with Crippen molar-refractivity contribution < 1.29 is 9.53 Å². The first kappa shape index (κ1) is 15.7. The number of hydrogen-bond acceptors (Lipinski definition) is 5. The van der Waals surface area contributed by atoms with Gasteiger partial charge in [-0.3, -0.25) is 9.48 Å². The summed E-state index contributed by atoms with van der Waals surface area (Å²) in [6, 6.07) is 4.09. The number of nitrogens with one attached hydrogen (secondary N) is 1. The summed E-state index contributed by atoms with van der Waals surface area (Å²) in [5.41, 5.74) is 2.14. The molecule has 0 spiro atoms. The van der Waals surface area contributed by atoms with E-state index in [1.807, 2.05) is 42.4 Å². The highest BCUT2D eigenvalue weighted by molar-refractivity contribution is 7.10. The number of aryl methyl sites for hydroxylation is 2. The van der Waals surface area contributed by atoms with Crippen molar-refractivity contribution in [1.29, 1.82) is 0 Å². The maximum absolute atomic E-state index is 11.6. The van der Waals surface area contributed by atoms with Crippen LogP contribution in [-0.2, 0) is 16.6 Å². The normalized spacial score (nSPS) is 13.9. The fourth-order valence-electron chi connectivity index (χ4n) is 2.42. The van der Waals surface area contributed by atoms with Gasteiger partial charge < -0.3 is 10.1 Å². The summed E-state index contributed by atoms with van der Waals surface area (Å²) in [4.78, 5) is 12.8. The molecule has 0 saturated heterocycles. The summed E-state index contributed by atoms with van der Waals surface area (Å²) in [6.45, 7) is 4.08. The average Bonchev–Trinajstić information content (AvgIpc) is 3.07. The molecule has 6 heteroatoms. The Labute approximate surface area is 128 Å². The molecule has 21 heavy (non-hydrogen) atoms. The maximum Gasteiger partial charge on any atom is 0.307 e. The molecule has 2 heterocycles. The molecule has 0 aliphatic rings. The molecule has 2 aromatic rings. The van der Waals surface area contributed by atoms with E-state index in [1.165, 1.54) is 7.11 Å². The van der Waals surface area contributed by atoms with E-state index >= 15 is 0 Å². The molecule has 2 aromatic heterocycles. The molecular formula is C15H21N3O2S. The summed E-state index contributed by atoms with van der Waals surface area (Å²) < 4.78 is 6.61. The summed E-state index contributed by atoms with van der Waals surface area (Å²) in [6.07, 6.45) is 2.33. The lowest BCUT2D eigenvalue weighted by Crippen LogP contribution is -2.26. The molecule has 0 saturated carbocycles. The molecule has 2 atom stereocenters. The summed E-state index contributed by atoms with van der Waals surface area (Å²) >= 11 is 1.64. The zero-order chi connectivity index (χ0) is 15.4. The predicted molar refractivity (Wildman–Crippen MR) is 83.2 cm³/mol. The largest absolute Gasteiger partial charge is 0.469 e. The molecule has 0 aliphatic carbocycles. The quantitative estimate of drug-likeness (QED) is 0.834. The average molecular weight is 307 g/mol. The molecule has 2 unspecified atom stereocenters. The van der Waals surface area contributed by atoms with E-state index in [1.54, 1.807) is 11.3 Å². The smallest absolute Gasteiger partial charge is 0.307 e. The Hall–Kier alpha value is -1.66. The highest BCUT2D eigenvalue weighted by atomic mass is 32.1. The Balaban J connectivity index is 2.14. The Morgan fingerprint density at radius 2 is 2.33 bits per heavy atom. The second kappa shape index (κ2) is 6.87. The Bertz CT molecular complexity index is 592. The van der Waals surface area contributed by atoms with Gasteiger partial charge in [-0.1, -0.05) is 6.07 Å². The van der Waals surface area contributed by atoms with Crippen molar-refractivity contribution in [2.24, 2.45) is 7.05 Å². The van der Waals surface area contributed by atoms with Crippen molar-refractivity contribution in [1.82, 2.24) is 15.1 Å². The third-order valence-electron chi connectivity index (χ3n) is 3.45. The third kappa shape index (κ3) is 3.92. The summed E-state index contributed by atoms with van der Waals surface area (Å²) in [5.74, 6) is -0.212. The minimum absolute atomic E-state index is 0.0490. The van der Waals surface area contributed by atoms with E-state index in [0.29, 0.717) is 6.42 Å². The SMILES string of the molecule is COC(=O)CC(NC(C)c1cn(C)nc1C)c1cccs1. The van der Waals surface area contributed by atoms with Crippen molar-refractivity contribution in [2.75, 3.05) is 7.11 Å².